The second-order valence-corrected chi connectivity index (χ2v) is 12.2. The Hall–Kier alpha value is -5.01. The number of ether oxygens (including phenoxy) is 2. The van der Waals surface area contributed by atoms with E-state index in [4.69, 9.17) is 14.6 Å². The van der Waals surface area contributed by atoms with E-state index < -0.39 is 0 Å². The molecule has 0 aliphatic carbocycles. The van der Waals surface area contributed by atoms with E-state index in [1.165, 1.54) is 27.1 Å². The van der Waals surface area contributed by atoms with E-state index in [-0.39, 0.29) is 0 Å². The molecule has 7 rings (SSSR count). The molecule has 0 saturated heterocycles. The van der Waals surface area contributed by atoms with Crippen LogP contribution in [0.5, 0.6) is 17.2 Å². The molecule has 224 valence electrons. The fourth-order valence-corrected chi connectivity index (χ4v) is 7.01. The quantitative estimate of drug-likeness (QED) is 0.168. The van der Waals surface area contributed by atoms with Gasteiger partial charge in [-0.25, -0.2) is 9.67 Å². The van der Waals surface area contributed by atoms with Crippen molar-refractivity contribution < 1.29 is 9.47 Å². The summed E-state index contributed by atoms with van der Waals surface area (Å²) in [5, 5.41) is 7.27. The van der Waals surface area contributed by atoms with Crippen LogP contribution < -0.4 is 9.47 Å². The molecule has 6 nitrogen and oxygen atoms in total. The fraction of sp³-hybridized carbons (Fsp3) is 0.158. The molecule has 0 aliphatic heterocycles. The number of rotatable bonds is 7. The number of aryl methyl sites for hydroxylation is 3. The molecule has 3 heterocycles. The monoisotopic (exact) mass is 610 g/mol. The standard InChI is InChI=1S/C38H34N4O2S/c1-23-18-31(45-6)19-24(2)37(23)38-25(3)40-42(26(38)4)27-10-9-11-29(20-27)44-30-14-15-33-32-12-7-8-13-34(32)41(35(33)21-30)36-22-28(43-5)16-17-39-36/h7-22H,1-6H3. The normalized spacial score (nSPS) is 11.4. The van der Waals surface area contributed by atoms with Crippen LogP contribution in [0.15, 0.2) is 102 Å². The predicted molar refractivity (Wildman–Crippen MR) is 185 cm³/mol. The van der Waals surface area contributed by atoms with Gasteiger partial charge in [-0.05, 0) is 99.2 Å². The van der Waals surface area contributed by atoms with Crippen LogP contribution in [0.25, 0.3) is 44.4 Å². The SMILES string of the molecule is COc1ccnc(-n2c3ccccc3c3ccc(Oc4cccc(-n5nc(C)c(-c6c(C)cc(SC)cc6C)c5C)c4)cc32)c1. The lowest BCUT2D eigenvalue weighted by atomic mass is 9.94. The highest BCUT2D eigenvalue weighted by atomic mass is 32.2. The van der Waals surface area contributed by atoms with E-state index in [1.807, 2.05) is 47.1 Å². The third kappa shape index (κ3) is 5.03. The van der Waals surface area contributed by atoms with Crippen molar-refractivity contribution in [2.75, 3.05) is 13.4 Å². The summed E-state index contributed by atoms with van der Waals surface area (Å²) in [4.78, 5) is 5.96. The second-order valence-electron chi connectivity index (χ2n) is 11.3. The number of nitrogens with zero attached hydrogens (tertiary/aromatic N) is 4. The molecule has 0 fully saturated rings. The van der Waals surface area contributed by atoms with Gasteiger partial charge in [0.15, 0.2) is 0 Å². The molecule has 0 atom stereocenters. The number of pyridine rings is 1. The molecule has 0 aliphatic rings. The number of thioether (sulfide) groups is 1. The van der Waals surface area contributed by atoms with Gasteiger partial charge in [0.2, 0.25) is 0 Å². The van der Waals surface area contributed by atoms with Crippen LogP contribution in [0.1, 0.15) is 22.5 Å². The van der Waals surface area contributed by atoms with Gasteiger partial charge in [-0.2, -0.15) is 5.10 Å². The zero-order valence-electron chi connectivity index (χ0n) is 26.3. The molecule has 45 heavy (non-hydrogen) atoms. The summed E-state index contributed by atoms with van der Waals surface area (Å²) >= 11 is 1.77. The zero-order valence-corrected chi connectivity index (χ0v) is 27.1. The van der Waals surface area contributed by atoms with Crippen LogP contribution >= 0.6 is 11.8 Å². The first kappa shape index (κ1) is 28.7. The van der Waals surface area contributed by atoms with Crippen molar-refractivity contribution >= 4 is 33.6 Å². The van der Waals surface area contributed by atoms with Crippen LogP contribution in [-0.2, 0) is 0 Å². The third-order valence-electron chi connectivity index (χ3n) is 8.41. The van der Waals surface area contributed by atoms with E-state index >= 15 is 0 Å². The first-order valence-corrected chi connectivity index (χ1v) is 16.1. The van der Waals surface area contributed by atoms with Gasteiger partial charge < -0.3 is 9.47 Å². The lowest BCUT2D eigenvalue weighted by molar-refractivity contribution is 0.414. The third-order valence-corrected chi connectivity index (χ3v) is 9.12. The van der Waals surface area contributed by atoms with Crippen LogP contribution in [0, 0.1) is 27.7 Å². The molecule has 0 saturated carbocycles. The number of hydrogen-bond acceptors (Lipinski definition) is 5. The van der Waals surface area contributed by atoms with Gasteiger partial charge in [0.1, 0.15) is 23.1 Å². The van der Waals surface area contributed by atoms with Crippen LogP contribution in [-0.4, -0.2) is 32.7 Å². The van der Waals surface area contributed by atoms with Crippen molar-refractivity contribution in [3.8, 4) is 39.9 Å². The maximum Gasteiger partial charge on any atom is 0.141 e. The lowest BCUT2D eigenvalue weighted by Gasteiger charge is -2.13. The Morgan fingerprint density at radius 3 is 2.22 bits per heavy atom. The molecule has 7 aromatic rings. The summed E-state index contributed by atoms with van der Waals surface area (Å²) in [6, 6.07) is 31.0. The van der Waals surface area contributed by atoms with Gasteiger partial charge in [0.05, 0.1) is 29.5 Å². The van der Waals surface area contributed by atoms with Crippen molar-refractivity contribution in [2.24, 2.45) is 0 Å². The van der Waals surface area contributed by atoms with E-state index in [0.717, 1.165) is 61.9 Å². The van der Waals surface area contributed by atoms with E-state index in [9.17, 15) is 0 Å². The predicted octanol–water partition coefficient (Wildman–Crippen LogP) is 9.79. The largest absolute Gasteiger partial charge is 0.497 e. The summed E-state index contributed by atoms with van der Waals surface area (Å²) in [7, 11) is 1.67. The van der Waals surface area contributed by atoms with Gasteiger partial charge in [-0.15, -0.1) is 11.8 Å². The minimum absolute atomic E-state index is 0.736. The maximum atomic E-state index is 6.50. The lowest BCUT2D eigenvalue weighted by Crippen LogP contribution is -2.00. The number of fused-ring (bicyclic) bond motifs is 3. The van der Waals surface area contributed by atoms with Gasteiger partial charge >= 0.3 is 0 Å². The Kier molecular flexibility index (Phi) is 7.34. The molecule has 0 amide bonds. The number of methoxy groups -OCH3 is 1. The van der Waals surface area contributed by atoms with Crippen molar-refractivity contribution in [1.82, 2.24) is 19.3 Å². The Balaban J connectivity index is 1.27. The summed E-state index contributed by atoms with van der Waals surface area (Å²) in [6.45, 7) is 8.61. The van der Waals surface area contributed by atoms with Gasteiger partial charge in [0.25, 0.3) is 0 Å². The summed E-state index contributed by atoms with van der Waals surface area (Å²) < 4.78 is 16.2. The molecule has 0 bridgehead atoms. The Labute approximate surface area is 267 Å². The number of para-hydroxylation sites is 1. The molecular weight excluding hydrogens is 577 g/mol. The smallest absolute Gasteiger partial charge is 0.141 e. The first-order valence-electron chi connectivity index (χ1n) is 14.9. The molecular formula is C38H34N4O2S. The van der Waals surface area contributed by atoms with Gasteiger partial charge in [-0.1, -0.05) is 24.3 Å². The van der Waals surface area contributed by atoms with Gasteiger partial charge in [-0.3, -0.25) is 4.57 Å². The number of aromatic nitrogens is 4. The average Bonchev–Trinajstić information content (AvgIpc) is 3.53. The average molecular weight is 611 g/mol. The van der Waals surface area contributed by atoms with E-state index in [1.54, 1.807) is 25.1 Å². The molecule has 0 spiro atoms. The minimum atomic E-state index is 0.736. The molecule has 0 unspecified atom stereocenters. The Morgan fingerprint density at radius 1 is 0.689 bits per heavy atom. The van der Waals surface area contributed by atoms with Crippen molar-refractivity contribution in [1.29, 1.82) is 0 Å². The van der Waals surface area contributed by atoms with Crippen LogP contribution in [0.2, 0.25) is 0 Å². The van der Waals surface area contributed by atoms with Crippen molar-refractivity contribution in [2.45, 2.75) is 32.6 Å². The molecule has 0 radical (unpaired) electrons. The Bertz CT molecular complexity index is 2210. The highest BCUT2D eigenvalue weighted by Gasteiger charge is 2.19. The molecule has 7 heteroatoms. The van der Waals surface area contributed by atoms with Gasteiger partial charge in [0, 0.05) is 51.3 Å². The highest BCUT2D eigenvalue weighted by molar-refractivity contribution is 7.98. The van der Waals surface area contributed by atoms with Crippen molar-refractivity contribution in [3.63, 3.8) is 0 Å². The number of benzene rings is 4. The summed E-state index contributed by atoms with van der Waals surface area (Å²) in [6.07, 6.45) is 3.89. The molecule has 0 N–H and O–H groups in total. The number of hydrogen-bond donors (Lipinski definition) is 0. The summed E-state index contributed by atoms with van der Waals surface area (Å²) in [5.74, 6) is 3.01. The summed E-state index contributed by atoms with van der Waals surface area (Å²) in [5.41, 5.74) is 10.1. The van der Waals surface area contributed by atoms with Crippen molar-refractivity contribution in [3.05, 3.63) is 120 Å². The second kappa shape index (κ2) is 11.5. The van der Waals surface area contributed by atoms with E-state index in [2.05, 4.69) is 92.0 Å². The van der Waals surface area contributed by atoms with Crippen LogP contribution in [0.4, 0.5) is 0 Å². The zero-order chi connectivity index (χ0) is 31.2. The topological polar surface area (TPSA) is 54.1 Å². The maximum absolute atomic E-state index is 6.50. The highest BCUT2D eigenvalue weighted by Crippen LogP contribution is 2.38. The molecule has 3 aromatic heterocycles. The van der Waals surface area contributed by atoms with Crippen LogP contribution in [0.3, 0.4) is 0 Å². The minimum Gasteiger partial charge on any atom is -0.497 e. The Morgan fingerprint density at radius 2 is 1.44 bits per heavy atom. The fourth-order valence-electron chi connectivity index (χ4n) is 6.42. The van der Waals surface area contributed by atoms with E-state index in [0.29, 0.717) is 0 Å². The molecule has 4 aromatic carbocycles. The first-order chi connectivity index (χ1) is 21.9.